The van der Waals surface area contributed by atoms with Gasteiger partial charge in [0.25, 0.3) is 5.91 Å². The van der Waals surface area contributed by atoms with Crippen LogP contribution in [0.1, 0.15) is 42.5 Å². The minimum atomic E-state index is -0.0759. The maximum Gasteiger partial charge on any atom is 0.252 e. The lowest BCUT2D eigenvalue weighted by atomic mass is 9.95. The lowest BCUT2D eigenvalue weighted by Crippen LogP contribution is -2.36. The number of hydrogen-bond acceptors (Lipinski definition) is 2. The predicted octanol–water partition coefficient (Wildman–Crippen LogP) is 3.56. The van der Waals surface area contributed by atoms with E-state index in [1.807, 2.05) is 0 Å². The highest BCUT2D eigenvalue weighted by atomic mass is 79.9. The molecule has 1 aliphatic carbocycles. The Morgan fingerprint density at radius 1 is 1.41 bits per heavy atom. The van der Waals surface area contributed by atoms with Gasteiger partial charge >= 0.3 is 0 Å². The molecule has 1 aromatic rings. The average molecular weight is 318 g/mol. The van der Waals surface area contributed by atoms with Gasteiger partial charge in [-0.3, -0.25) is 4.79 Å². The van der Waals surface area contributed by atoms with E-state index in [2.05, 4.69) is 26.2 Å². The molecule has 5 heteroatoms. The summed E-state index contributed by atoms with van der Waals surface area (Å²) in [5.74, 6) is -0.0759. The number of nitrogens with one attached hydrogen (secondary N) is 1. The smallest absolute Gasteiger partial charge is 0.252 e. The highest BCUT2D eigenvalue weighted by Crippen LogP contribution is 2.21. The molecule has 0 unspecified atom stereocenters. The Morgan fingerprint density at radius 3 is 2.82 bits per heavy atom. The standard InChI is InChI=1S/C12H14BrClN2O/c13-10-7-15-11(14)6-9(10)12(17)16-8-4-2-1-3-5-8/h6-8H,1-5H2,(H,16,17). The van der Waals surface area contributed by atoms with Gasteiger partial charge in [-0.25, -0.2) is 4.98 Å². The van der Waals surface area contributed by atoms with Gasteiger partial charge in [0.2, 0.25) is 0 Å². The molecule has 92 valence electrons. The number of carbonyl (C=O) groups excluding carboxylic acids is 1. The number of pyridine rings is 1. The summed E-state index contributed by atoms with van der Waals surface area (Å²) in [6.45, 7) is 0. The van der Waals surface area contributed by atoms with Gasteiger partial charge < -0.3 is 5.32 Å². The Hall–Kier alpha value is -0.610. The monoisotopic (exact) mass is 316 g/mol. The second-order valence-electron chi connectivity index (χ2n) is 4.30. The van der Waals surface area contributed by atoms with Crippen molar-refractivity contribution in [3.8, 4) is 0 Å². The molecule has 0 bridgehead atoms. The summed E-state index contributed by atoms with van der Waals surface area (Å²) < 4.78 is 0.676. The van der Waals surface area contributed by atoms with E-state index in [1.54, 1.807) is 12.3 Å². The highest BCUT2D eigenvalue weighted by Gasteiger charge is 2.18. The maximum absolute atomic E-state index is 12.1. The van der Waals surface area contributed by atoms with Crippen LogP contribution in [0.5, 0.6) is 0 Å². The Labute approximate surface area is 114 Å². The first-order chi connectivity index (χ1) is 8.16. The lowest BCUT2D eigenvalue weighted by molar-refractivity contribution is 0.0927. The van der Waals surface area contributed by atoms with Crippen molar-refractivity contribution in [3.05, 3.63) is 27.5 Å². The third-order valence-corrected chi connectivity index (χ3v) is 3.85. The molecule has 1 aromatic heterocycles. The molecule has 1 saturated carbocycles. The molecule has 1 heterocycles. The molecule has 1 aliphatic rings. The first-order valence-electron chi connectivity index (χ1n) is 5.79. The molecule has 2 rings (SSSR count). The predicted molar refractivity (Wildman–Crippen MR) is 71.3 cm³/mol. The van der Waals surface area contributed by atoms with Crippen LogP contribution >= 0.6 is 27.5 Å². The molecule has 0 aromatic carbocycles. The number of carbonyl (C=O) groups is 1. The van der Waals surface area contributed by atoms with Gasteiger partial charge in [-0.05, 0) is 34.8 Å². The third-order valence-electron chi connectivity index (χ3n) is 3.01. The van der Waals surface area contributed by atoms with Gasteiger partial charge in [-0.2, -0.15) is 0 Å². The van der Waals surface area contributed by atoms with E-state index in [-0.39, 0.29) is 5.91 Å². The molecule has 1 N–H and O–H groups in total. The quantitative estimate of drug-likeness (QED) is 0.847. The van der Waals surface area contributed by atoms with Crippen molar-refractivity contribution in [3.63, 3.8) is 0 Å². The van der Waals surface area contributed by atoms with Crippen LogP contribution in [0.15, 0.2) is 16.7 Å². The van der Waals surface area contributed by atoms with Crippen LogP contribution in [0.3, 0.4) is 0 Å². The molecule has 3 nitrogen and oxygen atoms in total. The number of rotatable bonds is 2. The molecular weight excluding hydrogens is 304 g/mol. The molecule has 1 fully saturated rings. The molecule has 17 heavy (non-hydrogen) atoms. The Morgan fingerprint density at radius 2 is 2.12 bits per heavy atom. The largest absolute Gasteiger partial charge is 0.349 e. The van der Waals surface area contributed by atoms with Gasteiger partial charge in [0, 0.05) is 16.7 Å². The van der Waals surface area contributed by atoms with Gasteiger partial charge in [0.05, 0.1) is 5.56 Å². The van der Waals surface area contributed by atoms with Crippen molar-refractivity contribution >= 4 is 33.4 Å². The van der Waals surface area contributed by atoms with Gasteiger partial charge in [-0.15, -0.1) is 0 Å². The normalized spacial score (nSPS) is 16.8. The van der Waals surface area contributed by atoms with Crippen LogP contribution in [0.2, 0.25) is 5.15 Å². The zero-order valence-corrected chi connectivity index (χ0v) is 11.7. The first kappa shape index (κ1) is 12.8. The van der Waals surface area contributed by atoms with Crippen molar-refractivity contribution in [2.75, 3.05) is 0 Å². The van der Waals surface area contributed by atoms with Crippen molar-refractivity contribution in [1.82, 2.24) is 10.3 Å². The van der Waals surface area contributed by atoms with E-state index in [4.69, 9.17) is 11.6 Å². The van der Waals surface area contributed by atoms with E-state index in [0.29, 0.717) is 21.2 Å². The Kier molecular flexibility index (Phi) is 4.40. The molecule has 1 amide bonds. The van der Waals surface area contributed by atoms with Crippen LogP contribution in [0.4, 0.5) is 0 Å². The molecular formula is C12H14BrClN2O. The van der Waals surface area contributed by atoms with Crippen LogP contribution in [0, 0.1) is 0 Å². The maximum atomic E-state index is 12.1. The molecule has 0 saturated heterocycles. The fourth-order valence-corrected chi connectivity index (χ4v) is 2.65. The molecule has 0 radical (unpaired) electrons. The summed E-state index contributed by atoms with van der Waals surface area (Å²) in [6, 6.07) is 1.89. The van der Waals surface area contributed by atoms with Crippen molar-refractivity contribution in [2.45, 2.75) is 38.1 Å². The van der Waals surface area contributed by atoms with Crippen LogP contribution < -0.4 is 5.32 Å². The summed E-state index contributed by atoms with van der Waals surface area (Å²) in [6.07, 6.45) is 7.37. The number of hydrogen-bond donors (Lipinski definition) is 1. The summed E-state index contributed by atoms with van der Waals surface area (Å²) in [5, 5.41) is 3.38. The van der Waals surface area contributed by atoms with Crippen molar-refractivity contribution in [1.29, 1.82) is 0 Å². The first-order valence-corrected chi connectivity index (χ1v) is 6.96. The van der Waals surface area contributed by atoms with Gasteiger partial charge in [0.15, 0.2) is 0 Å². The van der Waals surface area contributed by atoms with Gasteiger partial charge in [0.1, 0.15) is 5.15 Å². The summed E-state index contributed by atoms with van der Waals surface area (Å²) in [5.41, 5.74) is 0.551. The second-order valence-corrected chi connectivity index (χ2v) is 5.54. The minimum Gasteiger partial charge on any atom is -0.349 e. The van der Waals surface area contributed by atoms with Crippen molar-refractivity contribution in [2.24, 2.45) is 0 Å². The van der Waals surface area contributed by atoms with Crippen LogP contribution in [-0.2, 0) is 0 Å². The highest BCUT2D eigenvalue weighted by molar-refractivity contribution is 9.10. The number of halogens is 2. The SMILES string of the molecule is O=C(NC1CCCCC1)c1cc(Cl)ncc1Br. The topological polar surface area (TPSA) is 42.0 Å². The fourth-order valence-electron chi connectivity index (χ4n) is 2.10. The van der Waals surface area contributed by atoms with Crippen molar-refractivity contribution < 1.29 is 4.79 Å². The number of aromatic nitrogens is 1. The molecule has 0 aliphatic heterocycles. The Balaban J connectivity index is 2.05. The third kappa shape index (κ3) is 3.42. The zero-order valence-electron chi connectivity index (χ0n) is 9.38. The zero-order chi connectivity index (χ0) is 12.3. The van der Waals surface area contributed by atoms with E-state index in [0.717, 1.165) is 12.8 Å². The van der Waals surface area contributed by atoms with Gasteiger partial charge in [-0.1, -0.05) is 30.9 Å². The van der Waals surface area contributed by atoms with E-state index >= 15 is 0 Å². The average Bonchev–Trinajstić information content (AvgIpc) is 2.33. The Bertz CT molecular complexity index is 419. The van der Waals surface area contributed by atoms with Crippen LogP contribution in [0.25, 0.3) is 0 Å². The summed E-state index contributed by atoms with van der Waals surface area (Å²) >= 11 is 9.11. The van der Waals surface area contributed by atoms with Crippen LogP contribution in [-0.4, -0.2) is 16.9 Å². The molecule has 0 atom stereocenters. The summed E-state index contributed by atoms with van der Waals surface area (Å²) in [4.78, 5) is 16.0. The number of nitrogens with zero attached hydrogens (tertiary/aromatic N) is 1. The number of amides is 1. The minimum absolute atomic E-state index is 0.0759. The van der Waals surface area contributed by atoms with E-state index < -0.39 is 0 Å². The molecule has 0 spiro atoms. The van der Waals surface area contributed by atoms with E-state index in [1.165, 1.54) is 19.3 Å². The lowest BCUT2D eigenvalue weighted by Gasteiger charge is -2.22. The van der Waals surface area contributed by atoms with E-state index in [9.17, 15) is 4.79 Å². The fraction of sp³-hybridized carbons (Fsp3) is 0.500. The second kappa shape index (κ2) is 5.83. The summed E-state index contributed by atoms with van der Waals surface area (Å²) in [7, 11) is 0.